The first kappa shape index (κ1) is 13.2. The zero-order chi connectivity index (χ0) is 11.9. The molecule has 16 heavy (non-hydrogen) atoms. The van der Waals surface area contributed by atoms with Crippen LogP contribution in [0.3, 0.4) is 0 Å². The Morgan fingerprint density at radius 3 is 2.50 bits per heavy atom. The summed E-state index contributed by atoms with van der Waals surface area (Å²) in [7, 11) is 0. The quantitative estimate of drug-likeness (QED) is 0.556. The Balaban J connectivity index is 2.28. The maximum absolute atomic E-state index is 11.4. The van der Waals surface area contributed by atoms with E-state index in [1.54, 1.807) is 6.08 Å². The fraction of sp³-hybridized carbons (Fsp3) is 0.769. The van der Waals surface area contributed by atoms with Crippen molar-refractivity contribution in [3.8, 4) is 0 Å². The van der Waals surface area contributed by atoms with Crippen LogP contribution in [0.25, 0.3) is 0 Å². The second-order valence-corrected chi connectivity index (χ2v) is 4.74. The number of allylic oxidation sites excluding steroid dienone is 1. The van der Waals surface area contributed by atoms with Crippen LogP contribution in [0, 0.1) is 0 Å². The predicted molar refractivity (Wildman–Crippen MR) is 65.1 cm³/mol. The molecule has 0 radical (unpaired) electrons. The van der Waals surface area contributed by atoms with Gasteiger partial charge in [0.15, 0.2) is 0 Å². The highest BCUT2D eigenvalue weighted by Gasteiger charge is 2.28. The normalized spacial score (nSPS) is 19.8. The minimum Gasteiger partial charge on any atom is -0.388 e. The summed E-state index contributed by atoms with van der Waals surface area (Å²) in [5, 5.41) is 13.1. The number of hydrogen-bond acceptors (Lipinski definition) is 2. The summed E-state index contributed by atoms with van der Waals surface area (Å²) in [6.45, 7) is 3.99. The molecule has 1 amide bonds. The molecule has 3 nitrogen and oxygen atoms in total. The van der Waals surface area contributed by atoms with Gasteiger partial charge in [0, 0.05) is 13.0 Å². The third-order valence-electron chi connectivity index (χ3n) is 3.22. The Morgan fingerprint density at radius 1 is 1.31 bits per heavy atom. The topological polar surface area (TPSA) is 49.3 Å². The lowest BCUT2D eigenvalue weighted by Crippen LogP contribution is -2.42. The van der Waals surface area contributed by atoms with Gasteiger partial charge in [0.1, 0.15) is 0 Å². The molecule has 92 valence electrons. The Kier molecular flexibility index (Phi) is 5.53. The first-order valence-corrected chi connectivity index (χ1v) is 6.26. The summed E-state index contributed by atoms with van der Waals surface area (Å²) in [5.74, 6) is 0.0116. The van der Waals surface area contributed by atoms with Crippen LogP contribution in [-0.2, 0) is 4.79 Å². The van der Waals surface area contributed by atoms with E-state index in [0.29, 0.717) is 19.4 Å². The van der Waals surface area contributed by atoms with E-state index >= 15 is 0 Å². The zero-order valence-electron chi connectivity index (χ0n) is 10.0. The zero-order valence-corrected chi connectivity index (χ0v) is 10.0. The molecule has 0 heterocycles. The Bertz CT molecular complexity index is 230. The molecule has 0 atom stereocenters. The number of hydrogen-bond donors (Lipinski definition) is 2. The Hall–Kier alpha value is -0.830. The molecule has 0 aromatic carbocycles. The van der Waals surface area contributed by atoms with E-state index in [-0.39, 0.29) is 5.91 Å². The highest BCUT2D eigenvalue weighted by atomic mass is 16.3. The van der Waals surface area contributed by atoms with E-state index in [9.17, 15) is 9.90 Å². The molecule has 1 aliphatic rings. The number of carbonyl (C=O) groups excluding carboxylic acids is 1. The van der Waals surface area contributed by atoms with Gasteiger partial charge in [0.2, 0.25) is 5.91 Å². The van der Waals surface area contributed by atoms with E-state index in [4.69, 9.17) is 0 Å². The number of aliphatic hydroxyl groups is 1. The summed E-state index contributed by atoms with van der Waals surface area (Å²) in [5.41, 5.74) is -0.666. The standard InChI is InChI=1S/C13H23NO2/c1-2-3-8-12(15)14-11-13(16)9-6-4-5-7-10-13/h2,16H,1,3-11H2,(H,14,15). The second-order valence-electron chi connectivity index (χ2n) is 4.74. The van der Waals surface area contributed by atoms with Crippen LogP contribution in [0.2, 0.25) is 0 Å². The molecule has 1 rings (SSSR count). The molecule has 0 aromatic rings. The highest BCUT2D eigenvalue weighted by Crippen LogP contribution is 2.26. The van der Waals surface area contributed by atoms with Crippen LogP contribution < -0.4 is 5.32 Å². The van der Waals surface area contributed by atoms with Crippen molar-refractivity contribution in [2.45, 2.75) is 57.0 Å². The lowest BCUT2D eigenvalue weighted by atomic mass is 9.94. The lowest BCUT2D eigenvalue weighted by Gasteiger charge is -2.26. The largest absolute Gasteiger partial charge is 0.388 e. The average molecular weight is 225 g/mol. The second kappa shape index (κ2) is 6.69. The summed E-state index contributed by atoms with van der Waals surface area (Å²) in [6, 6.07) is 0. The molecule has 0 saturated heterocycles. The summed E-state index contributed by atoms with van der Waals surface area (Å²) < 4.78 is 0. The number of nitrogens with one attached hydrogen (secondary N) is 1. The Labute approximate surface area is 97.9 Å². The SMILES string of the molecule is C=CCCC(=O)NCC1(O)CCCCCC1. The van der Waals surface area contributed by atoms with Crippen molar-refractivity contribution in [2.24, 2.45) is 0 Å². The van der Waals surface area contributed by atoms with Gasteiger partial charge in [-0.1, -0.05) is 31.8 Å². The third kappa shape index (κ3) is 4.79. The van der Waals surface area contributed by atoms with Crippen molar-refractivity contribution in [3.05, 3.63) is 12.7 Å². The fourth-order valence-corrected chi connectivity index (χ4v) is 2.15. The molecule has 3 heteroatoms. The van der Waals surface area contributed by atoms with Gasteiger partial charge in [-0.2, -0.15) is 0 Å². The van der Waals surface area contributed by atoms with Gasteiger partial charge < -0.3 is 10.4 Å². The highest BCUT2D eigenvalue weighted by molar-refractivity contribution is 5.76. The Morgan fingerprint density at radius 2 is 1.94 bits per heavy atom. The molecule has 0 aliphatic heterocycles. The van der Waals surface area contributed by atoms with Crippen molar-refractivity contribution in [1.82, 2.24) is 5.32 Å². The summed E-state index contributed by atoms with van der Waals surface area (Å²) in [4.78, 5) is 11.4. The van der Waals surface area contributed by atoms with Crippen LogP contribution in [-0.4, -0.2) is 23.2 Å². The summed E-state index contributed by atoms with van der Waals surface area (Å²) >= 11 is 0. The van der Waals surface area contributed by atoms with Gasteiger partial charge in [-0.15, -0.1) is 6.58 Å². The van der Waals surface area contributed by atoms with Crippen molar-refractivity contribution < 1.29 is 9.90 Å². The molecule has 0 aromatic heterocycles. The smallest absolute Gasteiger partial charge is 0.220 e. The van der Waals surface area contributed by atoms with Gasteiger partial charge in [-0.25, -0.2) is 0 Å². The molecular formula is C13H23NO2. The van der Waals surface area contributed by atoms with E-state index in [1.807, 2.05) is 0 Å². The lowest BCUT2D eigenvalue weighted by molar-refractivity contribution is -0.122. The van der Waals surface area contributed by atoms with Crippen molar-refractivity contribution in [2.75, 3.05) is 6.54 Å². The van der Waals surface area contributed by atoms with Gasteiger partial charge in [-0.05, 0) is 19.3 Å². The molecule has 1 fully saturated rings. The maximum atomic E-state index is 11.4. The number of rotatable bonds is 5. The molecule has 0 unspecified atom stereocenters. The molecule has 2 N–H and O–H groups in total. The van der Waals surface area contributed by atoms with E-state index in [1.165, 1.54) is 12.8 Å². The van der Waals surface area contributed by atoms with Gasteiger partial charge in [0.25, 0.3) is 0 Å². The van der Waals surface area contributed by atoms with Crippen LogP contribution >= 0.6 is 0 Å². The van der Waals surface area contributed by atoms with Crippen LogP contribution in [0.15, 0.2) is 12.7 Å². The number of carbonyl (C=O) groups is 1. The minimum atomic E-state index is -0.666. The minimum absolute atomic E-state index is 0.0116. The van der Waals surface area contributed by atoms with Crippen molar-refractivity contribution >= 4 is 5.91 Å². The predicted octanol–water partition coefficient (Wildman–Crippen LogP) is 2.15. The van der Waals surface area contributed by atoms with E-state index in [0.717, 1.165) is 25.7 Å². The third-order valence-corrected chi connectivity index (χ3v) is 3.22. The summed E-state index contributed by atoms with van der Waals surface area (Å²) in [6.07, 6.45) is 9.07. The van der Waals surface area contributed by atoms with Gasteiger partial charge >= 0.3 is 0 Å². The van der Waals surface area contributed by atoms with Crippen molar-refractivity contribution in [3.63, 3.8) is 0 Å². The number of amides is 1. The van der Waals surface area contributed by atoms with E-state index < -0.39 is 5.60 Å². The molecular weight excluding hydrogens is 202 g/mol. The molecule has 1 saturated carbocycles. The van der Waals surface area contributed by atoms with Crippen molar-refractivity contribution in [1.29, 1.82) is 0 Å². The molecule has 0 bridgehead atoms. The molecule has 1 aliphatic carbocycles. The van der Waals surface area contributed by atoms with E-state index in [2.05, 4.69) is 11.9 Å². The maximum Gasteiger partial charge on any atom is 0.220 e. The fourth-order valence-electron chi connectivity index (χ4n) is 2.15. The first-order chi connectivity index (χ1) is 7.66. The van der Waals surface area contributed by atoms with Crippen LogP contribution in [0.1, 0.15) is 51.4 Å². The monoisotopic (exact) mass is 225 g/mol. The average Bonchev–Trinajstić information content (AvgIpc) is 2.49. The van der Waals surface area contributed by atoms with Gasteiger partial charge in [-0.3, -0.25) is 4.79 Å². The van der Waals surface area contributed by atoms with Crippen LogP contribution in [0.5, 0.6) is 0 Å². The first-order valence-electron chi connectivity index (χ1n) is 6.26. The molecule has 0 spiro atoms. The van der Waals surface area contributed by atoms with Gasteiger partial charge in [0.05, 0.1) is 5.60 Å². The van der Waals surface area contributed by atoms with Crippen LogP contribution in [0.4, 0.5) is 0 Å².